The monoisotopic (exact) mass is 483 g/mol. The van der Waals surface area contributed by atoms with Gasteiger partial charge in [0.05, 0.1) is 37.5 Å². The summed E-state index contributed by atoms with van der Waals surface area (Å²) in [7, 11) is 0. The van der Waals surface area contributed by atoms with Crippen molar-refractivity contribution in [1.82, 2.24) is 14.7 Å². The molecule has 1 aromatic heterocycles. The summed E-state index contributed by atoms with van der Waals surface area (Å²) in [5.41, 5.74) is -0.752. The first-order chi connectivity index (χ1) is 15.9. The third-order valence-electron chi connectivity index (χ3n) is 5.07. The predicted molar refractivity (Wildman–Crippen MR) is 115 cm³/mol. The van der Waals surface area contributed by atoms with Gasteiger partial charge in [-0.1, -0.05) is 12.1 Å². The number of halogens is 3. The molecule has 0 unspecified atom stereocenters. The van der Waals surface area contributed by atoms with Crippen LogP contribution in [0.5, 0.6) is 0 Å². The molecular formula is C23H28F3N3O5. The molecule has 1 saturated heterocycles. The largest absolute Gasteiger partial charge is 0.461 e. The SMILES string of the molecule is CCOC(=O)c1ccn([C@@H]2CN(C(=O)OC(C)(C)C)C[C@H]2OCc2ccc(C(F)(F)F)cc2)n1. The molecule has 0 spiro atoms. The van der Waals surface area contributed by atoms with Gasteiger partial charge in [-0.25, -0.2) is 9.59 Å². The van der Waals surface area contributed by atoms with Gasteiger partial charge < -0.3 is 19.1 Å². The smallest absolute Gasteiger partial charge is 0.416 e. The third kappa shape index (κ3) is 6.49. The summed E-state index contributed by atoms with van der Waals surface area (Å²) in [6.45, 7) is 7.62. The minimum atomic E-state index is -4.42. The second-order valence-electron chi connectivity index (χ2n) is 8.90. The molecule has 34 heavy (non-hydrogen) atoms. The van der Waals surface area contributed by atoms with Gasteiger partial charge in [0, 0.05) is 12.7 Å². The Morgan fingerprint density at radius 2 is 1.76 bits per heavy atom. The topological polar surface area (TPSA) is 82.9 Å². The molecule has 186 valence electrons. The third-order valence-corrected chi connectivity index (χ3v) is 5.07. The molecule has 8 nitrogen and oxygen atoms in total. The van der Waals surface area contributed by atoms with Gasteiger partial charge in [0.25, 0.3) is 0 Å². The molecule has 3 rings (SSSR count). The Balaban J connectivity index is 1.75. The fraction of sp³-hybridized carbons (Fsp3) is 0.522. The van der Waals surface area contributed by atoms with Crippen molar-refractivity contribution in [3.8, 4) is 0 Å². The average Bonchev–Trinajstić information content (AvgIpc) is 3.38. The van der Waals surface area contributed by atoms with Crippen molar-refractivity contribution in [3.05, 3.63) is 53.3 Å². The van der Waals surface area contributed by atoms with E-state index in [0.717, 1.165) is 12.1 Å². The summed E-state index contributed by atoms with van der Waals surface area (Å²) in [5.74, 6) is -0.564. The molecule has 0 saturated carbocycles. The van der Waals surface area contributed by atoms with Crippen molar-refractivity contribution in [2.75, 3.05) is 19.7 Å². The van der Waals surface area contributed by atoms with E-state index in [1.54, 1.807) is 33.9 Å². The highest BCUT2D eigenvalue weighted by atomic mass is 19.4. The molecule has 2 aromatic rings. The van der Waals surface area contributed by atoms with Gasteiger partial charge in [0.2, 0.25) is 0 Å². The molecule has 1 fully saturated rings. The zero-order valence-electron chi connectivity index (χ0n) is 19.5. The normalized spacial score (nSPS) is 18.7. The first-order valence-electron chi connectivity index (χ1n) is 10.9. The Bertz CT molecular complexity index is 999. The number of aromatic nitrogens is 2. The number of benzene rings is 1. The lowest BCUT2D eigenvalue weighted by molar-refractivity contribution is -0.137. The van der Waals surface area contributed by atoms with E-state index in [0.29, 0.717) is 5.56 Å². The van der Waals surface area contributed by atoms with Crippen LogP contribution in [0, 0.1) is 0 Å². The van der Waals surface area contributed by atoms with E-state index in [2.05, 4.69) is 5.10 Å². The van der Waals surface area contributed by atoms with E-state index in [1.807, 2.05) is 0 Å². The summed E-state index contributed by atoms with van der Waals surface area (Å²) >= 11 is 0. The van der Waals surface area contributed by atoms with Crippen molar-refractivity contribution in [3.63, 3.8) is 0 Å². The molecule has 0 aliphatic carbocycles. The van der Waals surface area contributed by atoms with Gasteiger partial charge >= 0.3 is 18.2 Å². The minimum Gasteiger partial charge on any atom is -0.461 e. The maximum absolute atomic E-state index is 12.8. The van der Waals surface area contributed by atoms with E-state index in [1.165, 1.54) is 27.8 Å². The summed E-state index contributed by atoms with van der Waals surface area (Å²) in [6.07, 6.45) is -3.87. The average molecular weight is 483 g/mol. The van der Waals surface area contributed by atoms with Crippen LogP contribution in [0.3, 0.4) is 0 Å². The van der Waals surface area contributed by atoms with Gasteiger partial charge in [-0.15, -0.1) is 0 Å². The highest BCUT2D eigenvalue weighted by molar-refractivity contribution is 5.87. The van der Waals surface area contributed by atoms with Crippen molar-refractivity contribution in [2.24, 2.45) is 0 Å². The summed E-state index contributed by atoms with van der Waals surface area (Å²) in [6, 6.07) is 5.77. The second-order valence-corrected chi connectivity index (χ2v) is 8.90. The quantitative estimate of drug-likeness (QED) is 0.565. The number of amides is 1. The summed E-state index contributed by atoms with van der Waals surface area (Å²) in [5, 5.41) is 4.28. The zero-order chi connectivity index (χ0) is 25.1. The highest BCUT2D eigenvalue weighted by Crippen LogP contribution is 2.30. The van der Waals surface area contributed by atoms with E-state index in [-0.39, 0.29) is 32.0 Å². The molecular weight excluding hydrogens is 455 g/mol. The van der Waals surface area contributed by atoms with E-state index < -0.39 is 41.5 Å². The number of rotatable bonds is 6. The van der Waals surface area contributed by atoms with Gasteiger partial charge in [0.1, 0.15) is 5.60 Å². The molecule has 0 radical (unpaired) electrons. The van der Waals surface area contributed by atoms with E-state index in [9.17, 15) is 22.8 Å². The fourth-order valence-electron chi connectivity index (χ4n) is 3.48. The van der Waals surface area contributed by atoms with Gasteiger partial charge in [-0.3, -0.25) is 4.68 Å². The number of carbonyl (C=O) groups is 2. The lowest BCUT2D eigenvalue weighted by Gasteiger charge is -2.24. The van der Waals surface area contributed by atoms with Crippen LogP contribution in [-0.2, 0) is 27.0 Å². The highest BCUT2D eigenvalue weighted by Gasteiger charge is 2.40. The number of carbonyl (C=O) groups excluding carboxylic acids is 2. The van der Waals surface area contributed by atoms with Crippen molar-refractivity contribution in [1.29, 1.82) is 0 Å². The lowest BCUT2D eigenvalue weighted by Crippen LogP contribution is -2.36. The second kappa shape index (κ2) is 10.0. The standard InChI is InChI=1S/C23H28F3N3O5/c1-5-32-20(30)17-10-11-29(27-17)18-12-28(21(31)34-22(2,3)4)13-19(18)33-14-15-6-8-16(9-7-15)23(24,25)26/h6-11,18-19H,5,12-14H2,1-4H3/t18-,19-/m1/s1. The van der Waals surface area contributed by atoms with Crippen molar-refractivity contribution < 1.29 is 37.0 Å². The molecule has 0 N–H and O–H groups in total. The molecule has 1 aliphatic rings. The molecule has 0 bridgehead atoms. The molecule has 11 heteroatoms. The van der Waals surface area contributed by atoms with Crippen LogP contribution in [-0.4, -0.2) is 58.1 Å². The Morgan fingerprint density at radius 3 is 2.35 bits per heavy atom. The van der Waals surface area contributed by atoms with Crippen LogP contribution in [0.1, 0.15) is 55.4 Å². The van der Waals surface area contributed by atoms with E-state index in [4.69, 9.17) is 14.2 Å². The maximum Gasteiger partial charge on any atom is 0.416 e. The Kier molecular flexibility index (Phi) is 7.54. The molecule has 1 aliphatic heterocycles. The minimum absolute atomic E-state index is 0.0352. The van der Waals surface area contributed by atoms with Gasteiger partial charge in [0.15, 0.2) is 5.69 Å². The predicted octanol–water partition coefficient (Wildman–Crippen LogP) is 4.46. The Hall–Kier alpha value is -3.08. The van der Waals surface area contributed by atoms with Gasteiger partial charge in [-0.2, -0.15) is 18.3 Å². The zero-order valence-corrected chi connectivity index (χ0v) is 19.5. The molecule has 1 aromatic carbocycles. The van der Waals surface area contributed by atoms with Crippen molar-refractivity contribution in [2.45, 2.75) is 58.2 Å². The Morgan fingerprint density at radius 1 is 1.09 bits per heavy atom. The van der Waals surface area contributed by atoms with Crippen LogP contribution in [0.15, 0.2) is 36.5 Å². The number of hydrogen-bond donors (Lipinski definition) is 0. The van der Waals surface area contributed by atoms with Crippen LogP contribution in [0.25, 0.3) is 0 Å². The number of likely N-dealkylation sites (tertiary alicyclic amines) is 1. The van der Waals surface area contributed by atoms with Crippen LogP contribution < -0.4 is 0 Å². The van der Waals surface area contributed by atoms with Crippen LogP contribution >= 0.6 is 0 Å². The Labute approximate surface area is 195 Å². The summed E-state index contributed by atoms with van der Waals surface area (Å²) < 4.78 is 56.4. The van der Waals surface area contributed by atoms with Crippen molar-refractivity contribution >= 4 is 12.1 Å². The first-order valence-corrected chi connectivity index (χ1v) is 10.9. The van der Waals surface area contributed by atoms with Crippen LogP contribution in [0.2, 0.25) is 0 Å². The van der Waals surface area contributed by atoms with E-state index >= 15 is 0 Å². The van der Waals surface area contributed by atoms with Gasteiger partial charge in [-0.05, 0) is 51.5 Å². The molecule has 1 amide bonds. The lowest BCUT2D eigenvalue weighted by atomic mass is 10.1. The number of esters is 1. The molecule has 2 atom stereocenters. The van der Waals surface area contributed by atoms with Crippen LogP contribution in [0.4, 0.5) is 18.0 Å². The first kappa shape index (κ1) is 25.5. The number of ether oxygens (including phenoxy) is 3. The summed E-state index contributed by atoms with van der Waals surface area (Å²) in [4.78, 5) is 26.1. The fourth-order valence-corrected chi connectivity index (χ4v) is 3.48. The number of hydrogen-bond acceptors (Lipinski definition) is 6. The molecule has 2 heterocycles. The number of alkyl halides is 3. The maximum atomic E-state index is 12.8. The number of nitrogens with zero attached hydrogens (tertiary/aromatic N) is 3.